The van der Waals surface area contributed by atoms with E-state index in [1.165, 1.54) is 6.42 Å². The van der Waals surface area contributed by atoms with Crippen molar-refractivity contribution in [3.05, 3.63) is 0 Å². The van der Waals surface area contributed by atoms with Gasteiger partial charge in [-0.15, -0.1) is 0 Å². The minimum Gasteiger partial charge on any atom is -0.390 e. The van der Waals surface area contributed by atoms with Gasteiger partial charge in [-0.25, -0.2) is 0 Å². The predicted molar refractivity (Wildman–Crippen MR) is 67.9 cm³/mol. The van der Waals surface area contributed by atoms with E-state index in [9.17, 15) is 5.11 Å². The lowest BCUT2D eigenvalue weighted by atomic mass is 9.76. The molecule has 0 amide bonds. The largest absolute Gasteiger partial charge is 0.390 e. The van der Waals surface area contributed by atoms with E-state index in [2.05, 4.69) is 41.5 Å². The first kappa shape index (κ1) is 15.0. The molecule has 1 N–H and O–H groups in total. The van der Waals surface area contributed by atoms with Crippen LogP contribution < -0.4 is 0 Å². The van der Waals surface area contributed by atoms with Crippen molar-refractivity contribution < 1.29 is 5.11 Å². The Labute approximate surface area is 96.3 Å². The van der Waals surface area contributed by atoms with Gasteiger partial charge in [-0.05, 0) is 37.0 Å². The third-order valence-corrected chi connectivity index (χ3v) is 3.40. The average molecular weight is 214 g/mol. The summed E-state index contributed by atoms with van der Waals surface area (Å²) in [5.41, 5.74) is -0.135. The summed E-state index contributed by atoms with van der Waals surface area (Å²) in [7, 11) is 0. The average Bonchev–Trinajstić information content (AvgIpc) is 1.97. The summed E-state index contributed by atoms with van der Waals surface area (Å²) in [6.07, 6.45) is 3.15. The first-order valence-electron chi connectivity index (χ1n) is 6.31. The molecule has 0 aromatic carbocycles. The highest BCUT2D eigenvalue weighted by molar-refractivity contribution is 4.81. The van der Waals surface area contributed by atoms with Gasteiger partial charge in [0.15, 0.2) is 0 Å². The summed E-state index contributed by atoms with van der Waals surface area (Å²) >= 11 is 0. The summed E-state index contributed by atoms with van der Waals surface area (Å²) < 4.78 is 0. The summed E-state index contributed by atoms with van der Waals surface area (Å²) in [6.45, 7) is 15.3. The van der Waals surface area contributed by atoms with Crippen LogP contribution in [0.2, 0.25) is 0 Å². The minimum atomic E-state index is -0.501. The first-order valence-corrected chi connectivity index (χ1v) is 6.31. The fraction of sp³-hybridized carbons (Fsp3) is 1.00. The van der Waals surface area contributed by atoms with Gasteiger partial charge in [0, 0.05) is 0 Å². The van der Waals surface area contributed by atoms with Gasteiger partial charge >= 0.3 is 0 Å². The van der Waals surface area contributed by atoms with Gasteiger partial charge in [0.25, 0.3) is 0 Å². The maximum atomic E-state index is 10.4. The number of hydrogen-bond donors (Lipinski definition) is 1. The number of aliphatic hydroxyl groups is 1. The molecule has 0 heterocycles. The zero-order valence-corrected chi connectivity index (χ0v) is 11.7. The molecule has 0 aromatic heterocycles. The monoisotopic (exact) mass is 214 g/mol. The molecule has 0 aromatic rings. The van der Waals surface area contributed by atoms with Crippen LogP contribution in [0.15, 0.2) is 0 Å². The molecule has 3 atom stereocenters. The van der Waals surface area contributed by atoms with E-state index in [1.807, 2.05) is 6.92 Å². The van der Waals surface area contributed by atoms with E-state index in [0.717, 1.165) is 12.8 Å². The second-order valence-electron chi connectivity index (χ2n) is 6.74. The summed E-state index contributed by atoms with van der Waals surface area (Å²) in [4.78, 5) is 0. The van der Waals surface area contributed by atoms with Gasteiger partial charge in [0.2, 0.25) is 0 Å². The minimum absolute atomic E-state index is 0.366. The Morgan fingerprint density at radius 1 is 1.00 bits per heavy atom. The van der Waals surface area contributed by atoms with Crippen LogP contribution in [0, 0.1) is 17.3 Å². The van der Waals surface area contributed by atoms with Crippen molar-refractivity contribution in [1.82, 2.24) is 0 Å². The molecule has 15 heavy (non-hydrogen) atoms. The summed E-state index contributed by atoms with van der Waals surface area (Å²) in [5.74, 6) is 0.980. The van der Waals surface area contributed by atoms with Crippen LogP contribution in [0.1, 0.15) is 67.7 Å². The molecule has 0 radical (unpaired) electrons. The Balaban J connectivity index is 4.21. The fourth-order valence-electron chi connectivity index (χ4n) is 2.46. The fourth-order valence-corrected chi connectivity index (χ4v) is 2.46. The molecular weight excluding hydrogens is 184 g/mol. The molecular formula is C14H30O. The van der Waals surface area contributed by atoms with Crippen molar-refractivity contribution in [2.75, 3.05) is 0 Å². The second kappa shape index (κ2) is 5.34. The van der Waals surface area contributed by atoms with Crippen molar-refractivity contribution in [3.8, 4) is 0 Å². The highest BCUT2D eigenvalue weighted by Crippen LogP contribution is 2.33. The Morgan fingerprint density at radius 2 is 1.47 bits per heavy atom. The zero-order chi connectivity index (χ0) is 12.3. The van der Waals surface area contributed by atoms with Crippen molar-refractivity contribution in [2.45, 2.75) is 73.3 Å². The molecule has 92 valence electrons. The van der Waals surface area contributed by atoms with E-state index in [0.29, 0.717) is 17.3 Å². The number of rotatable bonds is 5. The Hall–Kier alpha value is -0.0400. The van der Waals surface area contributed by atoms with E-state index in [1.54, 1.807) is 0 Å². The molecule has 0 bridgehead atoms. The lowest BCUT2D eigenvalue weighted by Crippen LogP contribution is -2.35. The molecule has 1 nitrogen and oxygen atoms in total. The van der Waals surface area contributed by atoms with Gasteiger partial charge in [0.1, 0.15) is 0 Å². The van der Waals surface area contributed by atoms with E-state index in [4.69, 9.17) is 0 Å². The Kier molecular flexibility index (Phi) is 5.32. The van der Waals surface area contributed by atoms with Crippen molar-refractivity contribution >= 4 is 0 Å². The third-order valence-electron chi connectivity index (χ3n) is 3.40. The molecule has 0 aliphatic rings. The van der Waals surface area contributed by atoms with E-state index < -0.39 is 5.60 Å². The Morgan fingerprint density at radius 3 is 1.80 bits per heavy atom. The van der Waals surface area contributed by atoms with E-state index in [-0.39, 0.29) is 0 Å². The maximum Gasteiger partial charge on any atom is 0.0647 e. The molecule has 0 aliphatic carbocycles. The Bertz CT molecular complexity index is 176. The smallest absolute Gasteiger partial charge is 0.0647 e. The molecule has 1 heteroatoms. The summed E-state index contributed by atoms with van der Waals surface area (Å²) in [6, 6.07) is 0. The van der Waals surface area contributed by atoms with Gasteiger partial charge in [0.05, 0.1) is 5.60 Å². The van der Waals surface area contributed by atoms with Gasteiger partial charge in [-0.3, -0.25) is 0 Å². The molecule has 0 rings (SSSR count). The zero-order valence-electron chi connectivity index (χ0n) is 11.7. The third kappa shape index (κ3) is 6.19. The van der Waals surface area contributed by atoms with Crippen LogP contribution >= 0.6 is 0 Å². The lowest BCUT2D eigenvalue weighted by Gasteiger charge is -2.34. The van der Waals surface area contributed by atoms with Crippen LogP contribution in [-0.4, -0.2) is 10.7 Å². The van der Waals surface area contributed by atoms with Crippen LogP contribution in [0.5, 0.6) is 0 Å². The topological polar surface area (TPSA) is 20.2 Å². The van der Waals surface area contributed by atoms with Gasteiger partial charge in [-0.1, -0.05) is 48.0 Å². The van der Waals surface area contributed by atoms with Gasteiger partial charge < -0.3 is 5.11 Å². The predicted octanol–water partition coefficient (Wildman–Crippen LogP) is 4.25. The summed E-state index contributed by atoms with van der Waals surface area (Å²) in [5, 5.41) is 10.4. The second-order valence-corrected chi connectivity index (χ2v) is 6.74. The lowest BCUT2D eigenvalue weighted by molar-refractivity contribution is -0.0192. The molecule has 0 saturated carbocycles. The molecule has 0 saturated heterocycles. The molecule has 3 unspecified atom stereocenters. The van der Waals surface area contributed by atoms with Crippen molar-refractivity contribution in [2.24, 2.45) is 17.3 Å². The standard InChI is InChI=1S/C14H30O/c1-8-12(3)14(7,15)10-11(2)9-13(4,5)6/h11-12,15H,8-10H2,1-7H3. The normalized spacial score (nSPS) is 20.8. The quantitative estimate of drug-likeness (QED) is 0.725. The maximum absolute atomic E-state index is 10.4. The van der Waals surface area contributed by atoms with Crippen LogP contribution in [0.4, 0.5) is 0 Å². The highest BCUT2D eigenvalue weighted by atomic mass is 16.3. The number of hydrogen-bond acceptors (Lipinski definition) is 1. The molecule has 0 fully saturated rings. The van der Waals surface area contributed by atoms with Gasteiger partial charge in [-0.2, -0.15) is 0 Å². The van der Waals surface area contributed by atoms with E-state index >= 15 is 0 Å². The highest BCUT2D eigenvalue weighted by Gasteiger charge is 2.30. The van der Waals surface area contributed by atoms with Crippen LogP contribution in [0.3, 0.4) is 0 Å². The first-order chi connectivity index (χ1) is 6.58. The van der Waals surface area contributed by atoms with Crippen molar-refractivity contribution in [1.29, 1.82) is 0 Å². The molecule has 0 spiro atoms. The molecule has 0 aliphatic heterocycles. The van der Waals surface area contributed by atoms with Crippen LogP contribution in [0.25, 0.3) is 0 Å². The van der Waals surface area contributed by atoms with Crippen molar-refractivity contribution in [3.63, 3.8) is 0 Å². The SMILES string of the molecule is CCC(C)C(C)(O)CC(C)CC(C)(C)C. The van der Waals surface area contributed by atoms with Crippen LogP contribution in [-0.2, 0) is 0 Å².